The van der Waals surface area contributed by atoms with Gasteiger partial charge in [-0.05, 0) is 37.0 Å². The first-order chi connectivity index (χ1) is 7.65. The number of phenols is 1. The molecule has 4 N–H and O–H groups in total. The van der Waals surface area contributed by atoms with Crippen molar-refractivity contribution in [1.82, 2.24) is 5.32 Å². The lowest BCUT2D eigenvalue weighted by Crippen LogP contribution is -2.42. The summed E-state index contributed by atoms with van der Waals surface area (Å²) in [5.74, 6) is 0.478. The fourth-order valence-electron chi connectivity index (χ4n) is 1.94. The van der Waals surface area contributed by atoms with Crippen LogP contribution in [0.1, 0.15) is 23.2 Å². The Kier molecular flexibility index (Phi) is 3.10. The molecule has 1 aromatic rings. The molecule has 0 bridgehead atoms. The molecule has 0 atom stereocenters. The molecule has 0 heterocycles. The summed E-state index contributed by atoms with van der Waals surface area (Å²) in [6.45, 7) is 0.669. The Bertz CT molecular complexity index is 386. The average molecular weight is 220 g/mol. The first kappa shape index (κ1) is 11.0. The van der Waals surface area contributed by atoms with Crippen molar-refractivity contribution >= 4 is 5.91 Å². The van der Waals surface area contributed by atoms with E-state index in [2.05, 4.69) is 5.32 Å². The van der Waals surface area contributed by atoms with Crippen LogP contribution in [0.25, 0.3) is 0 Å². The minimum atomic E-state index is -0.142. The van der Waals surface area contributed by atoms with E-state index >= 15 is 0 Å². The summed E-state index contributed by atoms with van der Waals surface area (Å²) in [5.41, 5.74) is 6.15. The maximum absolute atomic E-state index is 11.7. The van der Waals surface area contributed by atoms with Crippen LogP contribution in [0.5, 0.6) is 5.75 Å². The predicted octanol–water partition coefficient (Wildman–Crippen LogP) is 0.859. The molecule has 0 aliphatic heterocycles. The fourth-order valence-corrected chi connectivity index (χ4v) is 1.94. The molecule has 1 fully saturated rings. The first-order valence-corrected chi connectivity index (χ1v) is 5.48. The molecule has 86 valence electrons. The summed E-state index contributed by atoms with van der Waals surface area (Å²) in [6, 6.07) is 6.65. The number of phenolic OH excluding ortho intramolecular Hbond substituents is 1. The number of hydrogen-bond donors (Lipinski definition) is 3. The van der Waals surface area contributed by atoms with E-state index in [1.54, 1.807) is 18.2 Å². The summed E-state index contributed by atoms with van der Waals surface area (Å²) in [7, 11) is 0. The SMILES string of the molecule is NC1CC(CNC(=O)c2cccc(O)c2)C1. The molecule has 0 radical (unpaired) electrons. The lowest BCUT2D eigenvalue weighted by Gasteiger charge is -2.32. The number of amides is 1. The van der Waals surface area contributed by atoms with Crippen molar-refractivity contribution in [3.8, 4) is 5.75 Å². The zero-order valence-electron chi connectivity index (χ0n) is 9.02. The molecule has 16 heavy (non-hydrogen) atoms. The summed E-state index contributed by atoms with van der Waals surface area (Å²) in [5, 5.41) is 12.1. The first-order valence-electron chi connectivity index (χ1n) is 5.48. The highest BCUT2D eigenvalue weighted by Gasteiger charge is 2.25. The van der Waals surface area contributed by atoms with Gasteiger partial charge in [-0.1, -0.05) is 6.07 Å². The van der Waals surface area contributed by atoms with Gasteiger partial charge in [-0.3, -0.25) is 4.79 Å². The maximum Gasteiger partial charge on any atom is 0.251 e. The van der Waals surface area contributed by atoms with E-state index in [0.717, 1.165) is 12.8 Å². The molecular formula is C12H16N2O2. The molecule has 0 unspecified atom stereocenters. The number of hydrogen-bond acceptors (Lipinski definition) is 3. The Hall–Kier alpha value is -1.55. The number of carbonyl (C=O) groups is 1. The van der Waals surface area contributed by atoms with Gasteiger partial charge >= 0.3 is 0 Å². The third-order valence-corrected chi connectivity index (χ3v) is 2.93. The van der Waals surface area contributed by atoms with E-state index in [0.29, 0.717) is 24.1 Å². The summed E-state index contributed by atoms with van der Waals surface area (Å²) >= 11 is 0. The van der Waals surface area contributed by atoms with Crippen LogP contribution in [-0.2, 0) is 0 Å². The quantitative estimate of drug-likeness (QED) is 0.707. The van der Waals surface area contributed by atoms with Crippen molar-refractivity contribution in [2.75, 3.05) is 6.54 Å². The van der Waals surface area contributed by atoms with Gasteiger partial charge < -0.3 is 16.2 Å². The number of nitrogens with two attached hydrogens (primary N) is 1. The van der Waals surface area contributed by atoms with Crippen LogP contribution in [0.15, 0.2) is 24.3 Å². The van der Waals surface area contributed by atoms with Crippen LogP contribution in [0.2, 0.25) is 0 Å². The monoisotopic (exact) mass is 220 g/mol. The maximum atomic E-state index is 11.7. The summed E-state index contributed by atoms with van der Waals surface area (Å²) in [6.07, 6.45) is 1.97. The minimum absolute atomic E-state index is 0.110. The standard InChI is InChI=1S/C12H16N2O2/c13-10-4-8(5-10)7-14-12(16)9-2-1-3-11(15)6-9/h1-3,6,8,10,15H,4-5,7,13H2,(H,14,16). The van der Waals surface area contributed by atoms with Gasteiger partial charge in [0.1, 0.15) is 5.75 Å². The second-order valence-corrected chi connectivity index (χ2v) is 4.36. The highest BCUT2D eigenvalue weighted by Crippen LogP contribution is 2.24. The number of carbonyl (C=O) groups excluding carboxylic acids is 1. The Balaban J connectivity index is 1.84. The molecule has 4 heteroatoms. The van der Waals surface area contributed by atoms with Crippen molar-refractivity contribution in [3.63, 3.8) is 0 Å². The second-order valence-electron chi connectivity index (χ2n) is 4.36. The molecule has 1 aliphatic rings. The molecule has 1 aliphatic carbocycles. The van der Waals surface area contributed by atoms with Gasteiger partial charge in [-0.25, -0.2) is 0 Å². The summed E-state index contributed by atoms with van der Waals surface area (Å²) < 4.78 is 0. The van der Waals surface area contributed by atoms with Crippen LogP contribution in [-0.4, -0.2) is 23.6 Å². The van der Waals surface area contributed by atoms with E-state index in [1.165, 1.54) is 6.07 Å². The lowest BCUT2D eigenvalue weighted by molar-refractivity contribution is 0.0935. The predicted molar refractivity (Wildman–Crippen MR) is 61.1 cm³/mol. The molecule has 2 rings (SSSR count). The van der Waals surface area contributed by atoms with Crippen molar-refractivity contribution in [3.05, 3.63) is 29.8 Å². The van der Waals surface area contributed by atoms with Gasteiger partial charge in [0, 0.05) is 18.2 Å². The van der Waals surface area contributed by atoms with Crippen LogP contribution < -0.4 is 11.1 Å². The van der Waals surface area contributed by atoms with Crippen LogP contribution in [0, 0.1) is 5.92 Å². The average Bonchev–Trinajstić information content (AvgIpc) is 2.22. The Morgan fingerprint density at radius 1 is 1.50 bits per heavy atom. The van der Waals surface area contributed by atoms with Crippen LogP contribution >= 0.6 is 0 Å². The fraction of sp³-hybridized carbons (Fsp3) is 0.417. The Morgan fingerprint density at radius 2 is 2.25 bits per heavy atom. The van der Waals surface area contributed by atoms with E-state index in [4.69, 9.17) is 5.73 Å². The molecule has 4 nitrogen and oxygen atoms in total. The highest BCUT2D eigenvalue weighted by molar-refractivity contribution is 5.94. The third-order valence-electron chi connectivity index (χ3n) is 2.93. The van der Waals surface area contributed by atoms with Crippen molar-refractivity contribution in [1.29, 1.82) is 0 Å². The van der Waals surface area contributed by atoms with Gasteiger partial charge in [0.2, 0.25) is 0 Å². The van der Waals surface area contributed by atoms with Crippen molar-refractivity contribution in [2.24, 2.45) is 11.7 Å². The van der Waals surface area contributed by atoms with Crippen molar-refractivity contribution < 1.29 is 9.90 Å². The normalized spacial score (nSPS) is 23.6. The Morgan fingerprint density at radius 3 is 2.88 bits per heavy atom. The van der Waals surface area contributed by atoms with E-state index < -0.39 is 0 Å². The Labute approximate surface area is 94.5 Å². The number of rotatable bonds is 3. The van der Waals surface area contributed by atoms with E-state index in [-0.39, 0.29) is 11.7 Å². The van der Waals surface area contributed by atoms with Gasteiger partial charge in [0.25, 0.3) is 5.91 Å². The smallest absolute Gasteiger partial charge is 0.251 e. The zero-order valence-corrected chi connectivity index (χ0v) is 9.02. The number of nitrogens with one attached hydrogen (secondary N) is 1. The summed E-state index contributed by atoms with van der Waals surface area (Å²) in [4.78, 5) is 11.7. The van der Waals surface area contributed by atoms with Gasteiger partial charge in [0.05, 0.1) is 0 Å². The highest BCUT2D eigenvalue weighted by atomic mass is 16.3. The largest absolute Gasteiger partial charge is 0.508 e. The molecule has 1 amide bonds. The van der Waals surface area contributed by atoms with E-state index in [9.17, 15) is 9.90 Å². The molecule has 1 aromatic carbocycles. The van der Waals surface area contributed by atoms with E-state index in [1.807, 2.05) is 0 Å². The van der Waals surface area contributed by atoms with Gasteiger partial charge in [-0.15, -0.1) is 0 Å². The minimum Gasteiger partial charge on any atom is -0.508 e. The molecular weight excluding hydrogens is 204 g/mol. The molecule has 0 spiro atoms. The molecule has 0 aromatic heterocycles. The third kappa shape index (κ3) is 2.52. The van der Waals surface area contributed by atoms with Crippen molar-refractivity contribution in [2.45, 2.75) is 18.9 Å². The lowest BCUT2D eigenvalue weighted by atomic mass is 9.81. The van der Waals surface area contributed by atoms with Gasteiger partial charge in [0.15, 0.2) is 0 Å². The number of aromatic hydroxyl groups is 1. The topological polar surface area (TPSA) is 75.3 Å². The second kappa shape index (κ2) is 4.53. The van der Waals surface area contributed by atoms with Gasteiger partial charge in [-0.2, -0.15) is 0 Å². The zero-order chi connectivity index (χ0) is 11.5. The number of benzene rings is 1. The molecule has 0 saturated heterocycles. The van der Waals surface area contributed by atoms with Crippen LogP contribution in [0.3, 0.4) is 0 Å². The van der Waals surface area contributed by atoms with Crippen LogP contribution in [0.4, 0.5) is 0 Å². The molecule has 1 saturated carbocycles.